The van der Waals surface area contributed by atoms with Gasteiger partial charge in [0.25, 0.3) is 0 Å². The molecule has 0 aliphatic carbocycles. The van der Waals surface area contributed by atoms with Crippen molar-refractivity contribution in [3.8, 4) is 5.75 Å². The third kappa shape index (κ3) is 2.19. The number of benzene rings is 1. The Hall–Kier alpha value is -2.11. The van der Waals surface area contributed by atoms with E-state index in [1.54, 1.807) is 12.1 Å². The van der Waals surface area contributed by atoms with Gasteiger partial charge in [-0.15, -0.1) is 6.58 Å². The minimum absolute atomic E-state index is 0.173. The molecule has 4 rings (SSSR count). The lowest BCUT2D eigenvalue weighted by Gasteiger charge is -2.42. The van der Waals surface area contributed by atoms with Crippen LogP contribution in [0, 0.1) is 6.92 Å². The quantitative estimate of drug-likeness (QED) is 0.515. The molecule has 2 aliphatic rings. The normalized spacial score (nSPS) is 32.8. The molecule has 1 aromatic carbocycles. The van der Waals surface area contributed by atoms with Gasteiger partial charge < -0.3 is 19.0 Å². The fourth-order valence-electron chi connectivity index (χ4n) is 4.03. The van der Waals surface area contributed by atoms with Crippen LogP contribution in [0.3, 0.4) is 0 Å². The largest absolute Gasteiger partial charge is 0.458 e. The van der Waals surface area contributed by atoms with Crippen molar-refractivity contribution >= 4 is 11.0 Å². The number of hydrogen-bond donors (Lipinski definition) is 1. The van der Waals surface area contributed by atoms with Crippen LogP contribution in [0.5, 0.6) is 5.75 Å². The minimum Gasteiger partial charge on any atom is -0.458 e. The first-order chi connectivity index (χ1) is 11.6. The van der Waals surface area contributed by atoms with Crippen molar-refractivity contribution in [2.45, 2.75) is 57.0 Å². The van der Waals surface area contributed by atoms with Gasteiger partial charge in [0.15, 0.2) is 6.10 Å². The molecular formula is C20H22O5. The number of epoxide rings is 1. The number of allylic oxidation sites excluding steroid dienone is 1. The first-order valence-corrected chi connectivity index (χ1v) is 8.41. The van der Waals surface area contributed by atoms with Crippen LogP contribution in [0.4, 0.5) is 0 Å². The van der Waals surface area contributed by atoms with Gasteiger partial charge in [0, 0.05) is 11.8 Å². The van der Waals surface area contributed by atoms with Crippen molar-refractivity contribution in [1.82, 2.24) is 0 Å². The lowest BCUT2D eigenvalue weighted by molar-refractivity contribution is -0.175. The second kappa shape index (κ2) is 4.74. The fourth-order valence-corrected chi connectivity index (χ4v) is 4.03. The van der Waals surface area contributed by atoms with Crippen LogP contribution in [0.15, 0.2) is 40.1 Å². The standard InChI is InChI=1S/C20H22O5/c1-6-19(5)10-20(22,17-18(3,4)25-17)24-15-13-11(2)8-7-9-12(13)23-16(21)14(15)19/h6-9,17,22H,1,10H2,2-5H3. The van der Waals surface area contributed by atoms with Gasteiger partial charge in [-0.05, 0) is 32.4 Å². The first kappa shape index (κ1) is 16.4. The number of ether oxygens (including phenoxy) is 2. The molecule has 132 valence electrons. The number of fused-ring (bicyclic) bond motifs is 3. The van der Waals surface area contributed by atoms with E-state index in [1.807, 2.05) is 39.8 Å². The van der Waals surface area contributed by atoms with Crippen LogP contribution >= 0.6 is 0 Å². The summed E-state index contributed by atoms with van der Waals surface area (Å²) < 4.78 is 17.3. The van der Waals surface area contributed by atoms with Crippen molar-refractivity contribution in [2.24, 2.45) is 0 Å². The Balaban J connectivity index is 2.04. The van der Waals surface area contributed by atoms with Gasteiger partial charge in [-0.25, -0.2) is 4.79 Å². The zero-order chi connectivity index (χ0) is 18.2. The second-order valence-corrected chi connectivity index (χ2v) is 7.89. The van der Waals surface area contributed by atoms with E-state index >= 15 is 0 Å². The highest BCUT2D eigenvalue weighted by atomic mass is 16.7. The molecule has 3 heterocycles. The summed E-state index contributed by atoms with van der Waals surface area (Å²) in [6.07, 6.45) is 1.38. The lowest BCUT2D eigenvalue weighted by atomic mass is 9.73. The molecule has 1 N–H and O–H groups in total. The first-order valence-electron chi connectivity index (χ1n) is 8.41. The summed E-state index contributed by atoms with van der Waals surface area (Å²) in [4.78, 5) is 12.7. The van der Waals surface area contributed by atoms with E-state index in [9.17, 15) is 9.90 Å². The van der Waals surface area contributed by atoms with E-state index in [0.29, 0.717) is 22.3 Å². The van der Waals surface area contributed by atoms with Crippen molar-refractivity contribution in [3.05, 3.63) is 52.4 Å². The van der Waals surface area contributed by atoms with Crippen LogP contribution in [0.2, 0.25) is 0 Å². The Morgan fingerprint density at radius 2 is 2.00 bits per heavy atom. The van der Waals surface area contributed by atoms with Gasteiger partial charge in [-0.1, -0.05) is 25.1 Å². The number of aliphatic hydroxyl groups is 1. The number of rotatable bonds is 2. The summed E-state index contributed by atoms with van der Waals surface area (Å²) in [7, 11) is 0. The molecule has 25 heavy (non-hydrogen) atoms. The predicted octanol–water partition coefficient (Wildman–Crippen LogP) is 3.19. The maximum absolute atomic E-state index is 12.7. The molecule has 0 amide bonds. The molecule has 3 atom stereocenters. The molecule has 0 saturated carbocycles. The smallest absolute Gasteiger partial charge is 0.344 e. The predicted molar refractivity (Wildman–Crippen MR) is 93.9 cm³/mol. The highest BCUT2D eigenvalue weighted by Crippen LogP contribution is 2.53. The Morgan fingerprint density at radius 1 is 1.32 bits per heavy atom. The maximum Gasteiger partial charge on any atom is 0.344 e. The van der Waals surface area contributed by atoms with Crippen molar-refractivity contribution in [1.29, 1.82) is 0 Å². The van der Waals surface area contributed by atoms with Crippen LogP contribution in [-0.4, -0.2) is 22.6 Å². The SMILES string of the molecule is C=CC1(C)CC(O)(C2OC2(C)C)Oc2c1c(=O)oc1cccc(C)c21. The zero-order valence-electron chi connectivity index (χ0n) is 14.9. The Labute approximate surface area is 145 Å². The van der Waals surface area contributed by atoms with Crippen molar-refractivity contribution in [3.63, 3.8) is 0 Å². The highest BCUT2D eigenvalue weighted by Gasteiger charge is 2.65. The molecule has 0 bridgehead atoms. The molecule has 5 nitrogen and oxygen atoms in total. The van der Waals surface area contributed by atoms with Gasteiger partial charge in [0.05, 0.1) is 16.6 Å². The number of aryl methyl sites for hydroxylation is 1. The van der Waals surface area contributed by atoms with Gasteiger partial charge in [0.1, 0.15) is 11.3 Å². The van der Waals surface area contributed by atoms with Gasteiger partial charge in [-0.3, -0.25) is 0 Å². The van der Waals surface area contributed by atoms with E-state index < -0.39 is 28.5 Å². The van der Waals surface area contributed by atoms with Crippen LogP contribution in [0.25, 0.3) is 11.0 Å². The van der Waals surface area contributed by atoms with E-state index in [2.05, 4.69) is 6.58 Å². The third-order valence-electron chi connectivity index (χ3n) is 5.42. The Bertz CT molecular complexity index is 956. The van der Waals surface area contributed by atoms with E-state index in [1.165, 1.54) is 0 Å². The second-order valence-electron chi connectivity index (χ2n) is 7.89. The Kier molecular flexibility index (Phi) is 3.10. The minimum atomic E-state index is -1.54. The van der Waals surface area contributed by atoms with E-state index in [-0.39, 0.29) is 6.42 Å². The Morgan fingerprint density at radius 3 is 2.60 bits per heavy atom. The number of hydrogen-bond acceptors (Lipinski definition) is 5. The van der Waals surface area contributed by atoms with Crippen LogP contribution < -0.4 is 10.4 Å². The van der Waals surface area contributed by atoms with Gasteiger partial charge in [-0.2, -0.15) is 0 Å². The van der Waals surface area contributed by atoms with Crippen LogP contribution in [0.1, 0.15) is 38.3 Å². The monoisotopic (exact) mass is 342 g/mol. The molecule has 1 fully saturated rings. The molecule has 1 aromatic heterocycles. The molecular weight excluding hydrogens is 320 g/mol. The highest BCUT2D eigenvalue weighted by molar-refractivity contribution is 5.88. The average molecular weight is 342 g/mol. The summed E-state index contributed by atoms with van der Waals surface area (Å²) in [6.45, 7) is 11.5. The zero-order valence-corrected chi connectivity index (χ0v) is 14.9. The molecule has 2 aromatic rings. The molecule has 0 radical (unpaired) electrons. The summed E-state index contributed by atoms with van der Waals surface area (Å²) in [5.74, 6) is -1.17. The van der Waals surface area contributed by atoms with Crippen LogP contribution in [-0.2, 0) is 10.2 Å². The van der Waals surface area contributed by atoms with Crippen molar-refractivity contribution < 1.29 is 19.0 Å². The maximum atomic E-state index is 12.7. The summed E-state index contributed by atoms with van der Waals surface area (Å²) in [5.41, 5.74) is 0.0144. The third-order valence-corrected chi connectivity index (χ3v) is 5.42. The summed E-state index contributed by atoms with van der Waals surface area (Å²) in [6, 6.07) is 5.47. The lowest BCUT2D eigenvalue weighted by Crippen LogP contribution is -2.53. The summed E-state index contributed by atoms with van der Waals surface area (Å²) in [5, 5.41) is 12.0. The van der Waals surface area contributed by atoms with Gasteiger partial charge >= 0.3 is 5.63 Å². The molecule has 1 saturated heterocycles. The molecule has 3 unspecified atom stereocenters. The van der Waals surface area contributed by atoms with E-state index in [4.69, 9.17) is 13.9 Å². The van der Waals surface area contributed by atoms with Gasteiger partial charge in [0.2, 0.25) is 5.79 Å². The molecule has 5 heteroatoms. The van der Waals surface area contributed by atoms with E-state index in [0.717, 1.165) is 5.56 Å². The fraction of sp³-hybridized carbons (Fsp3) is 0.450. The topological polar surface area (TPSA) is 72.2 Å². The van der Waals surface area contributed by atoms with Crippen molar-refractivity contribution in [2.75, 3.05) is 0 Å². The molecule has 0 spiro atoms. The molecule has 2 aliphatic heterocycles. The summed E-state index contributed by atoms with van der Waals surface area (Å²) >= 11 is 0. The average Bonchev–Trinajstić information content (AvgIpc) is 3.16.